The molecule has 148 valence electrons. The number of benzene rings is 3. The van der Waals surface area contributed by atoms with E-state index in [9.17, 15) is 27.2 Å². The second-order valence-corrected chi connectivity index (χ2v) is 6.04. The number of hydrogen-bond acceptors (Lipinski definition) is 2. The van der Waals surface area contributed by atoms with E-state index in [1.54, 1.807) is 12.1 Å². The van der Waals surface area contributed by atoms with Gasteiger partial charge in [-0.3, -0.25) is 9.59 Å². The first-order chi connectivity index (χ1) is 13.7. The Bertz CT molecular complexity index is 1050. The lowest BCUT2D eigenvalue weighted by atomic mass is 10.1. The highest BCUT2D eigenvalue weighted by Crippen LogP contribution is 2.29. The molecular weight excluding hydrogens is 388 g/mol. The van der Waals surface area contributed by atoms with Gasteiger partial charge in [-0.1, -0.05) is 18.2 Å². The number of para-hydroxylation sites is 2. The summed E-state index contributed by atoms with van der Waals surface area (Å²) in [6.07, 6.45) is -4.50. The summed E-state index contributed by atoms with van der Waals surface area (Å²) in [5.41, 5.74) is -0.265. The van der Waals surface area contributed by atoms with Crippen LogP contribution in [0.4, 0.5) is 28.9 Å². The number of rotatable bonds is 4. The average Bonchev–Trinajstić information content (AvgIpc) is 2.69. The predicted octanol–water partition coefficient (Wildman–Crippen LogP) is 5.35. The minimum Gasteiger partial charge on any atom is -0.320 e. The SMILES string of the molecule is O=C(Nc1ccccc1NC(=O)c1cccc(F)c1)c1ccc(C(F)(F)F)cc1. The van der Waals surface area contributed by atoms with Crippen molar-refractivity contribution in [2.24, 2.45) is 0 Å². The molecule has 0 saturated carbocycles. The summed E-state index contributed by atoms with van der Waals surface area (Å²) in [5, 5.41) is 5.12. The minimum atomic E-state index is -4.50. The molecule has 0 bridgehead atoms. The fourth-order valence-electron chi connectivity index (χ4n) is 2.53. The predicted molar refractivity (Wildman–Crippen MR) is 100 cm³/mol. The van der Waals surface area contributed by atoms with Gasteiger partial charge in [0.05, 0.1) is 16.9 Å². The maximum absolute atomic E-state index is 13.3. The summed E-state index contributed by atoms with van der Waals surface area (Å²) in [6.45, 7) is 0. The Morgan fingerprint density at radius 3 is 1.76 bits per heavy atom. The number of anilines is 2. The van der Waals surface area contributed by atoms with Gasteiger partial charge in [0, 0.05) is 11.1 Å². The molecule has 0 aliphatic rings. The molecule has 0 heterocycles. The molecule has 0 fully saturated rings. The van der Waals surface area contributed by atoms with Crippen LogP contribution in [0, 0.1) is 5.82 Å². The Kier molecular flexibility index (Phi) is 5.63. The van der Waals surface area contributed by atoms with E-state index in [2.05, 4.69) is 10.6 Å². The topological polar surface area (TPSA) is 58.2 Å². The Morgan fingerprint density at radius 1 is 0.690 bits per heavy atom. The maximum atomic E-state index is 13.3. The van der Waals surface area contributed by atoms with E-state index in [1.807, 2.05) is 0 Å². The minimum absolute atomic E-state index is 0.0178. The van der Waals surface area contributed by atoms with Crippen molar-refractivity contribution in [2.45, 2.75) is 6.18 Å². The van der Waals surface area contributed by atoms with Crippen LogP contribution in [0.15, 0.2) is 72.8 Å². The lowest BCUT2D eigenvalue weighted by molar-refractivity contribution is -0.137. The fourth-order valence-corrected chi connectivity index (χ4v) is 2.53. The van der Waals surface area contributed by atoms with E-state index >= 15 is 0 Å². The first-order valence-electron chi connectivity index (χ1n) is 8.38. The third-order valence-corrected chi connectivity index (χ3v) is 3.98. The summed E-state index contributed by atoms with van der Waals surface area (Å²) >= 11 is 0. The van der Waals surface area contributed by atoms with Crippen molar-refractivity contribution in [3.8, 4) is 0 Å². The van der Waals surface area contributed by atoms with Gasteiger partial charge in [0.2, 0.25) is 0 Å². The Balaban J connectivity index is 1.76. The number of hydrogen-bond donors (Lipinski definition) is 2. The van der Waals surface area contributed by atoms with E-state index in [0.29, 0.717) is 0 Å². The van der Waals surface area contributed by atoms with Crippen LogP contribution in [0.5, 0.6) is 0 Å². The highest BCUT2D eigenvalue weighted by molar-refractivity contribution is 6.09. The van der Waals surface area contributed by atoms with Gasteiger partial charge in [-0.15, -0.1) is 0 Å². The molecule has 0 radical (unpaired) electrons. The van der Waals surface area contributed by atoms with Crippen LogP contribution in [0.25, 0.3) is 0 Å². The summed E-state index contributed by atoms with van der Waals surface area (Å²) < 4.78 is 51.2. The van der Waals surface area contributed by atoms with Crippen molar-refractivity contribution in [2.75, 3.05) is 10.6 Å². The summed E-state index contributed by atoms with van der Waals surface area (Å²) in [5.74, 6) is -1.80. The van der Waals surface area contributed by atoms with Gasteiger partial charge < -0.3 is 10.6 Å². The van der Waals surface area contributed by atoms with Gasteiger partial charge in [-0.25, -0.2) is 4.39 Å². The number of carbonyl (C=O) groups excluding carboxylic acids is 2. The molecule has 3 aromatic rings. The highest BCUT2D eigenvalue weighted by Gasteiger charge is 2.30. The number of alkyl halides is 3. The van der Waals surface area contributed by atoms with Crippen molar-refractivity contribution in [3.05, 3.63) is 95.3 Å². The van der Waals surface area contributed by atoms with Crippen LogP contribution in [0.1, 0.15) is 26.3 Å². The van der Waals surface area contributed by atoms with Crippen molar-refractivity contribution in [1.82, 2.24) is 0 Å². The zero-order chi connectivity index (χ0) is 21.0. The van der Waals surface area contributed by atoms with Crippen LogP contribution in [0.2, 0.25) is 0 Å². The fraction of sp³-hybridized carbons (Fsp3) is 0.0476. The van der Waals surface area contributed by atoms with Crippen LogP contribution < -0.4 is 10.6 Å². The molecule has 2 N–H and O–H groups in total. The van der Waals surface area contributed by atoms with Crippen LogP contribution in [0.3, 0.4) is 0 Å². The maximum Gasteiger partial charge on any atom is 0.416 e. The van der Waals surface area contributed by atoms with Crippen molar-refractivity contribution < 1.29 is 27.2 Å². The molecule has 0 spiro atoms. The Morgan fingerprint density at radius 2 is 1.24 bits per heavy atom. The zero-order valence-electron chi connectivity index (χ0n) is 14.8. The lowest BCUT2D eigenvalue weighted by Gasteiger charge is -2.13. The van der Waals surface area contributed by atoms with Gasteiger partial charge in [0.1, 0.15) is 5.82 Å². The van der Waals surface area contributed by atoms with E-state index < -0.39 is 29.4 Å². The van der Waals surface area contributed by atoms with Gasteiger partial charge in [0.25, 0.3) is 11.8 Å². The van der Waals surface area contributed by atoms with Crippen LogP contribution >= 0.6 is 0 Å². The quantitative estimate of drug-likeness (QED) is 0.578. The molecule has 8 heteroatoms. The molecule has 0 aliphatic carbocycles. The van der Waals surface area contributed by atoms with E-state index in [4.69, 9.17) is 0 Å². The molecule has 3 rings (SSSR count). The van der Waals surface area contributed by atoms with Gasteiger partial charge in [-0.2, -0.15) is 13.2 Å². The molecule has 4 nitrogen and oxygen atoms in total. The van der Waals surface area contributed by atoms with Crippen molar-refractivity contribution >= 4 is 23.2 Å². The van der Waals surface area contributed by atoms with E-state index in [-0.39, 0.29) is 22.5 Å². The van der Waals surface area contributed by atoms with Gasteiger partial charge >= 0.3 is 6.18 Å². The van der Waals surface area contributed by atoms with E-state index in [1.165, 1.54) is 30.3 Å². The summed E-state index contributed by atoms with van der Waals surface area (Å²) in [7, 11) is 0. The Hall–Kier alpha value is -3.68. The molecule has 2 amide bonds. The Labute approximate surface area is 163 Å². The largest absolute Gasteiger partial charge is 0.416 e. The number of amides is 2. The molecule has 0 aromatic heterocycles. The molecule has 3 aromatic carbocycles. The summed E-state index contributed by atoms with van der Waals surface area (Å²) in [4.78, 5) is 24.7. The standard InChI is InChI=1S/C21H14F4N2O2/c22-16-5-3-4-14(12-16)20(29)27-18-7-2-1-6-17(18)26-19(28)13-8-10-15(11-9-13)21(23,24)25/h1-12H,(H,26,28)(H,27,29). The highest BCUT2D eigenvalue weighted by atomic mass is 19.4. The van der Waals surface area contributed by atoms with E-state index in [0.717, 1.165) is 30.3 Å². The van der Waals surface area contributed by atoms with Crippen LogP contribution in [-0.4, -0.2) is 11.8 Å². The molecule has 0 atom stereocenters. The third-order valence-electron chi connectivity index (χ3n) is 3.98. The third kappa shape index (κ3) is 4.98. The molecule has 0 saturated heterocycles. The second kappa shape index (κ2) is 8.14. The summed E-state index contributed by atoms with van der Waals surface area (Å²) in [6, 6.07) is 15.1. The van der Waals surface area contributed by atoms with Gasteiger partial charge in [0.15, 0.2) is 0 Å². The number of carbonyl (C=O) groups is 2. The monoisotopic (exact) mass is 402 g/mol. The molecular formula is C21H14F4N2O2. The average molecular weight is 402 g/mol. The zero-order valence-corrected chi connectivity index (χ0v) is 14.8. The van der Waals surface area contributed by atoms with Crippen molar-refractivity contribution in [3.63, 3.8) is 0 Å². The molecule has 29 heavy (non-hydrogen) atoms. The number of halogens is 4. The molecule has 0 unspecified atom stereocenters. The normalized spacial score (nSPS) is 11.0. The van der Waals surface area contributed by atoms with Crippen LogP contribution in [-0.2, 0) is 6.18 Å². The first-order valence-corrected chi connectivity index (χ1v) is 8.38. The van der Waals surface area contributed by atoms with Crippen molar-refractivity contribution in [1.29, 1.82) is 0 Å². The number of nitrogens with one attached hydrogen (secondary N) is 2. The first kappa shape index (κ1) is 20.1. The molecule has 0 aliphatic heterocycles. The van der Waals surface area contributed by atoms with Gasteiger partial charge in [-0.05, 0) is 54.6 Å². The lowest BCUT2D eigenvalue weighted by Crippen LogP contribution is -2.17. The smallest absolute Gasteiger partial charge is 0.320 e. The second-order valence-electron chi connectivity index (χ2n) is 6.04.